The molecule has 1 aliphatic heterocycles. The van der Waals surface area contributed by atoms with Gasteiger partial charge in [-0.25, -0.2) is 13.1 Å². The summed E-state index contributed by atoms with van der Waals surface area (Å²) in [6.07, 6.45) is 3.53. The van der Waals surface area contributed by atoms with Crippen molar-refractivity contribution in [3.8, 4) is 11.5 Å². The van der Waals surface area contributed by atoms with Gasteiger partial charge in [0.25, 0.3) is 0 Å². The number of hydrogen-bond donors (Lipinski definition) is 1. The minimum absolute atomic E-state index is 0.0348. The number of para-hydroxylation sites is 1. The lowest BCUT2D eigenvalue weighted by atomic mass is 10.0. The highest BCUT2D eigenvalue weighted by molar-refractivity contribution is 7.89. The highest BCUT2D eigenvalue weighted by Crippen LogP contribution is 2.34. The van der Waals surface area contributed by atoms with Crippen molar-refractivity contribution in [1.29, 1.82) is 0 Å². The van der Waals surface area contributed by atoms with Crippen LogP contribution in [-0.2, 0) is 22.9 Å². The first-order valence-electron chi connectivity index (χ1n) is 11.9. The summed E-state index contributed by atoms with van der Waals surface area (Å²) in [6, 6.07) is 11.1. The van der Waals surface area contributed by atoms with Crippen LogP contribution in [0.1, 0.15) is 54.6 Å². The van der Waals surface area contributed by atoms with E-state index in [1.807, 2.05) is 18.2 Å². The maximum atomic E-state index is 12.9. The van der Waals surface area contributed by atoms with Gasteiger partial charge in [-0.3, -0.25) is 4.79 Å². The second kappa shape index (κ2) is 11.8. The number of ketones is 1. The van der Waals surface area contributed by atoms with Crippen LogP contribution >= 0.6 is 0 Å². The molecule has 0 fully saturated rings. The van der Waals surface area contributed by atoms with Crippen molar-refractivity contribution >= 4 is 15.8 Å². The van der Waals surface area contributed by atoms with Crippen molar-refractivity contribution in [1.82, 2.24) is 9.62 Å². The van der Waals surface area contributed by atoms with E-state index in [4.69, 9.17) is 9.47 Å². The van der Waals surface area contributed by atoms with Crippen LogP contribution in [0.2, 0.25) is 0 Å². The van der Waals surface area contributed by atoms with E-state index in [9.17, 15) is 13.2 Å². The van der Waals surface area contributed by atoms with E-state index in [1.54, 1.807) is 27.0 Å². The monoisotopic (exact) mass is 488 g/mol. The van der Waals surface area contributed by atoms with Crippen molar-refractivity contribution in [2.45, 2.75) is 56.9 Å². The molecule has 0 aliphatic carbocycles. The smallest absolute Gasteiger partial charge is 0.244 e. The van der Waals surface area contributed by atoms with Crippen LogP contribution in [0, 0.1) is 0 Å². The maximum absolute atomic E-state index is 12.9. The van der Waals surface area contributed by atoms with Crippen LogP contribution in [0.15, 0.2) is 41.3 Å². The Balaban J connectivity index is 1.53. The summed E-state index contributed by atoms with van der Waals surface area (Å²) in [6.45, 7) is 5.75. The number of likely N-dealkylation sites (N-methyl/N-ethyl adjacent to an activating group) is 1. The van der Waals surface area contributed by atoms with Gasteiger partial charge < -0.3 is 14.4 Å². The number of unbranched alkanes of at least 4 members (excludes halogenated alkanes) is 1. The minimum Gasteiger partial charge on any atom is -0.496 e. The van der Waals surface area contributed by atoms with Crippen LogP contribution in [0.4, 0.5) is 0 Å². The number of benzene rings is 2. The molecule has 0 amide bonds. The molecular formula is C26H36N2O5S. The molecular weight excluding hydrogens is 452 g/mol. The third kappa shape index (κ3) is 6.81. The zero-order valence-electron chi connectivity index (χ0n) is 20.6. The van der Waals surface area contributed by atoms with Gasteiger partial charge in [-0.15, -0.1) is 0 Å². The van der Waals surface area contributed by atoms with Crippen LogP contribution in [0.3, 0.4) is 0 Å². The fraction of sp³-hybridized carbons (Fsp3) is 0.500. The quantitative estimate of drug-likeness (QED) is 0.341. The molecule has 0 atom stereocenters. The number of nitrogens with zero attached hydrogens (tertiary/aromatic N) is 1. The summed E-state index contributed by atoms with van der Waals surface area (Å²) in [4.78, 5) is 15.2. The normalized spacial score (nSPS) is 13.2. The lowest BCUT2D eigenvalue weighted by Gasteiger charge is -2.17. The topological polar surface area (TPSA) is 84.9 Å². The molecule has 2 aromatic rings. The minimum atomic E-state index is -3.75. The largest absolute Gasteiger partial charge is 0.496 e. The predicted molar refractivity (Wildman–Crippen MR) is 133 cm³/mol. The van der Waals surface area contributed by atoms with Gasteiger partial charge in [-0.05, 0) is 76.0 Å². The van der Waals surface area contributed by atoms with E-state index < -0.39 is 10.0 Å². The molecule has 0 spiro atoms. The Morgan fingerprint density at radius 1 is 1.18 bits per heavy atom. The Kier molecular flexibility index (Phi) is 9.10. The number of carbonyl (C=O) groups excluding carboxylic acids is 1. The maximum Gasteiger partial charge on any atom is 0.244 e. The molecule has 2 aromatic carbocycles. The van der Waals surface area contributed by atoms with Gasteiger partial charge in [0.15, 0.2) is 5.78 Å². The molecule has 0 saturated carbocycles. The van der Waals surface area contributed by atoms with Gasteiger partial charge in [-0.2, -0.15) is 0 Å². The number of methoxy groups -OCH3 is 1. The van der Waals surface area contributed by atoms with Gasteiger partial charge >= 0.3 is 0 Å². The average Bonchev–Trinajstić information content (AvgIpc) is 3.27. The molecule has 3 rings (SSSR count). The summed E-state index contributed by atoms with van der Waals surface area (Å²) in [5.74, 6) is 1.25. The number of sulfonamides is 1. The zero-order chi connectivity index (χ0) is 24.7. The Labute approximate surface area is 203 Å². The van der Waals surface area contributed by atoms with E-state index in [2.05, 4.69) is 22.7 Å². The third-order valence-corrected chi connectivity index (χ3v) is 7.56. The molecule has 1 aliphatic rings. The Morgan fingerprint density at radius 3 is 2.68 bits per heavy atom. The lowest BCUT2D eigenvalue weighted by Crippen LogP contribution is -2.30. The molecule has 0 radical (unpaired) electrons. The molecule has 186 valence electrons. The van der Waals surface area contributed by atoms with Crippen molar-refractivity contribution < 1.29 is 22.7 Å². The summed E-state index contributed by atoms with van der Waals surface area (Å²) in [7, 11) is 0.0129. The van der Waals surface area contributed by atoms with Gasteiger partial charge in [-0.1, -0.05) is 18.2 Å². The summed E-state index contributed by atoms with van der Waals surface area (Å²) in [5, 5.41) is 0. The first-order valence-corrected chi connectivity index (χ1v) is 13.3. The van der Waals surface area contributed by atoms with Crippen LogP contribution in [0.25, 0.3) is 0 Å². The van der Waals surface area contributed by atoms with Gasteiger partial charge in [0.05, 0.1) is 13.7 Å². The number of nitrogens with one attached hydrogen (secondary N) is 1. The fourth-order valence-electron chi connectivity index (χ4n) is 4.15. The molecule has 0 unspecified atom stereocenters. The molecule has 0 saturated heterocycles. The van der Waals surface area contributed by atoms with E-state index in [0.717, 1.165) is 43.7 Å². The summed E-state index contributed by atoms with van der Waals surface area (Å²) in [5.41, 5.74) is 2.41. The van der Waals surface area contributed by atoms with Gasteiger partial charge in [0.2, 0.25) is 10.0 Å². The number of Topliss-reactive ketones (excluding diaryl/α,β-unsaturated/α-hetero) is 1. The Hall–Kier alpha value is -2.42. The Morgan fingerprint density at radius 2 is 1.94 bits per heavy atom. The number of ether oxygens (including phenoxy) is 2. The number of rotatable bonds is 13. The molecule has 1 heterocycles. The molecule has 8 heteroatoms. The third-order valence-electron chi connectivity index (χ3n) is 5.90. The molecule has 0 bridgehead atoms. The van der Waals surface area contributed by atoms with Crippen molar-refractivity contribution in [3.05, 3.63) is 53.1 Å². The van der Waals surface area contributed by atoms with Crippen LogP contribution in [-0.4, -0.2) is 59.0 Å². The van der Waals surface area contributed by atoms with Crippen molar-refractivity contribution in [3.63, 3.8) is 0 Å². The van der Waals surface area contributed by atoms with E-state index in [-0.39, 0.29) is 16.7 Å². The number of carbonyl (C=O) groups is 1. The molecule has 1 N–H and O–H groups in total. The van der Waals surface area contributed by atoms with Gasteiger partial charge in [0, 0.05) is 31.0 Å². The van der Waals surface area contributed by atoms with Crippen LogP contribution in [0.5, 0.6) is 11.5 Å². The Bertz CT molecular complexity index is 1100. The number of hydrogen-bond acceptors (Lipinski definition) is 6. The zero-order valence-corrected chi connectivity index (χ0v) is 21.4. The second-order valence-corrected chi connectivity index (χ2v) is 10.8. The number of fused-ring (bicyclic) bond motifs is 1. The van der Waals surface area contributed by atoms with Crippen LogP contribution < -0.4 is 14.2 Å². The first-order chi connectivity index (χ1) is 16.2. The molecule has 7 nitrogen and oxygen atoms in total. The van der Waals surface area contributed by atoms with Crippen molar-refractivity contribution in [2.75, 3.05) is 33.9 Å². The first kappa shape index (κ1) is 26.2. The lowest BCUT2D eigenvalue weighted by molar-refractivity contribution is 0.0978. The van der Waals surface area contributed by atoms with Crippen molar-refractivity contribution in [2.24, 2.45) is 0 Å². The summed E-state index contributed by atoms with van der Waals surface area (Å²) >= 11 is 0. The second-order valence-electron chi connectivity index (χ2n) is 9.08. The molecule has 34 heavy (non-hydrogen) atoms. The highest BCUT2D eigenvalue weighted by atomic mass is 32.2. The van der Waals surface area contributed by atoms with E-state index in [0.29, 0.717) is 30.8 Å². The summed E-state index contributed by atoms with van der Waals surface area (Å²) < 4.78 is 39.2. The highest BCUT2D eigenvalue weighted by Gasteiger charge is 2.28. The fourth-order valence-corrected chi connectivity index (χ4v) is 5.61. The average molecular weight is 489 g/mol. The molecule has 0 aromatic heterocycles. The predicted octanol–water partition coefficient (Wildman–Crippen LogP) is 3.84. The van der Waals surface area contributed by atoms with E-state index in [1.165, 1.54) is 11.6 Å². The van der Waals surface area contributed by atoms with Gasteiger partial charge in [0.1, 0.15) is 16.4 Å². The van der Waals surface area contributed by atoms with E-state index >= 15 is 0 Å². The SMILES string of the molecule is COc1ccccc1CCN(C)CCCCC(=O)c1cc2c(c(S(=O)(=O)NC(C)C)c1)OCC2. The standard InChI is InChI=1S/C26H36N2O5S/c1-19(2)27-34(30,31)25-18-22(17-21-13-16-33-26(21)25)23(29)10-7-8-14-28(3)15-12-20-9-5-6-11-24(20)32-4/h5-6,9,11,17-19,27H,7-8,10,12-16H2,1-4H3.